The normalized spacial score (nSPS) is 25.4. The minimum Gasteiger partial charge on any atom is -0.493 e. The molecule has 21 heavy (non-hydrogen) atoms. The van der Waals surface area contributed by atoms with Crippen molar-refractivity contribution < 1.29 is 9.53 Å². The summed E-state index contributed by atoms with van der Waals surface area (Å²) in [7, 11) is 0. The molecule has 2 unspecified atom stereocenters. The topological polar surface area (TPSA) is 64.3 Å². The Morgan fingerprint density at radius 1 is 1.48 bits per heavy atom. The van der Waals surface area contributed by atoms with Crippen molar-refractivity contribution in [2.45, 2.75) is 45.1 Å². The van der Waals surface area contributed by atoms with E-state index in [0.29, 0.717) is 30.4 Å². The second-order valence-corrected chi connectivity index (χ2v) is 6.07. The van der Waals surface area contributed by atoms with Gasteiger partial charge in [0.1, 0.15) is 5.75 Å². The van der Waals surface area contributed by atoms with E-state index in [4.69, 9.17) is 10.5 Å². The lowest BCUT2D eigenvalue weighted by Gasteiger charge is -2.40. The van der Waals surface area contributed by atoms with Crippen LogP contribution in [0.2, 0.25) is 0 Å². The summed E-state index contributed by atoms with van der Waals surface area (Å²) in [6.45, 7) is 5.17. The van der Waals surface area contributed by atoms with Crippen molar-refractivity contribution in [3.8, 4) is 5.75 Å². The van der Waals surface area contributed by atoms with Crippen molar-refractivity contribution >= 4 is 5.91 Å². The van der Waals surface area contributed by atoms with Gasteiger partial charge >= 0.3 is 0 Å². The number of nitrogens with two attached hydrogens (primary N) is 1. The van der Waals surface area contributed by atoms with Crippen LogP contribution in [-0.2, 0) is 0 Å². The molecular formula is C17H26N2O2. The summed E-state index contributed by atoms with van der Waals surface area (Å²) in [6.07, 6.45) is 4.24. The lowest BCUT2D eigenvalue weighted by atomic mass is 9.76. The van der Waals surface area contributed by atoms with Gasteiger partial charge in [0.15, 0.2) is 0 Å². The van der Waals surface area contributed by atoms with Gasteiger partial charge in [-0.3, -0.25) is 4.79 Å². The third kappa shape index (κ3) is 3.76. The van der Waals surface area contributed by atoms with Crippen LogP contribution in [0.5, 0.6) is 5.75 Å². The van der Waals surface area contributed by atoms with Crippen LogP contribution in [0, 0.1) is 5.92 Å². The molecule has 1 amide bonds. The van der Waals surface area contributed by atoms with E-state index in [-0.39, 0.29) is 11.4 Å². The van der Waals surface area contributed by atoms with Gasteiger partial charge in [-0.05, 0) is 37.8 Å². The SMILES string of the molecule is CCOc1ccccc1C(=O)NC1(CN)CCCC(C)C1. The summed E-state index contributed by atoms with van der Waals surface area (Å²) in [6, 6.07) is 7.37. The van der Waals surface area contributed by atoms with Gasteiger partial charge in [-0.25, -0.2) is 0 Å². The molecule has 0 saturated heterocycles. The van der Waals surface area contributed by atoms with Crippen LogP contribution in [0.25, 0.3) is 0 Å². The van der Waals surface area contributed by atoms with Crippen LogP contribution < -0.4 is 15.8 Å². The summed E-state index contributed by atoms with van der Waals surface area (Å²) in [5, 5.41) is 3.18. The number of hydrogen-bond donors (Lipinski definition) is 2. The molecule has 1 saturated carbocycles. The number of carbonyl (C=O) groups is 1. The van der Waals surface area contributed by atoms with Crippen molar-refractivity contribution in [2.24, 2.45) is 11.7 Å². The van der Waals surface area contributed by atoms with Gasteiger partial charge in [0.05, 0.1) is 17.7 Å². The Balaban J connectivity index is 2.16. The molecule has 0 spiro atoms. The predicted octanol–water partition coefficient (Wildman–Crippen LogP) is 2.72. The van der Waals surface area contributed by atoms with Crippen molar-refractivity contribution in [3.05, 3.63) is 29.8 Å². The van der Waals surface area contributed by atoms with E-state index in [1.54, 1.807) is 6.07 Å². The number of carbonyl (C=O) groups excluding carboxylic acids is 1. The van der Waals surface area contributed by atoms with E-state index in [1.807, 2.05) is 25.1 Å². The Morgan fingerprint density at radius 3 is 2.90 bits per heavy atom. The van der Waals surface area contributed by atoms with Crippen molar-refractivity contribution in [1.82, 2.24) is 5.32 Å². The number of para-hydroxylation sites is 1. The van der Waals surface area contributed by atoms with E-state index >= 15 is 0 Å². The molecule has 0 radical (unpaired) electrons. The third-order valence-corrected chi connectivity index (χ3v) is 4.29. The van der Waals surface area contributed by atoms with E-state index in [2.05, 4.69) is 12.2 Å². The van der Waals surface area contributed by atoms with Gasteiger partial charge in [0, 0.05) is 6.54 Å². The van der Waals surface area contributed by atoms with E-state index in [1.165, 1.54) is 6.42 Å². The molecule has 2 rings (SSSR count). The fourth-order valence-electron chi connectivity index (χ4n) is 3.25. The summed E-state index contributed by atoms with van der Waals surface area (Å²) < 4.78 is 5.54. The second kappa shape index (κ2) is 6.94. The molecule has 1 aromatic carbocycles. The molecule has 1 aliphatic carbocycles. The molecule has 0 heterocycles. The van der Waals surface area contributed by atoms with Crippen LogP contribution in [0.15, 0.2) is 24.3 Å². The maximum absolute atomic E-state index is 12.6. The van der Waals surface area contributed by atoms with Crippen molar-refractivity contribution in [2.75, 3.05) is 13.2 Å². The number of amides is 1. The van der Waals surface area contributed by atoms with Gasteiger partial charge in [-0.1, -0.05) is 31.9 Å². The molecule has 116 valence electrons. The fraction of sp³-hybridized carbons (Fsp3) is 0.588. The average molecular weight is 290 g/mol. The van der Waals surface area contributed by atoms with Crippen LogP contribution in [-0.4, -0.2) is 24.6 Å². The highest BCUT2D eigenvalue weighted by Gasteiger charge is 2.35. The van der Waals surface area contributed by atoms with Gasteiger partial charge in [-0.2, -0.15) is 0 Å². The first-order valence-corrected chi connectivity index (χ1v) is 7.84. The standard InChI is InChI=1S/C17H26N2O2/c1-3-21-15-9-5-4-8-14(15)16(20)19-17(12-18)10-6-7-13(2)11-17/h4-5,8-9,13H,3,6-7,10-12,18H2,1-2H3,(H,19,20). The number of hydrogen-bond acceptors (Lipinski definition) is 3. The van der Waals surface area contributed by atoms with Crippen LogP contribution in [0.1, 0.15) is 49.9 Å². The maximum Gasteiger partial charge on any atom is 0.255 e. The molecule has 3 N–H and O–H groups in total. The van der Waals surface area contributed by atoms with Gasteiger partial charge in [0.25, 0.3) is 5.91 Å². The number of rotatable bonds is 5. The highest BCUT2D eigenvalue weighted by Crippen LogP contribution is 2.32. The minimum absolute atomic E-state index is 0.0846. The zero-order valence-corrected chi connectivity index (χ0v) is 13.0. The maximum atomic E-state index is 12.6. The van der Waals surface area contributed by atoms with E-state index in [0.717, 1.165) is 19.3 Å². The first-order chi connectivity index (χ1) is 10.1. The first-order valence-electron chi connectivity index (χ1n) is 7.84. The highest BCUT2D eigenvalue weighted by molar-refractivity contribution is 5.97. The molecule has 0 aliphatic heterocycles. The Hall–Kier alpha value is -1.55. The van der Waals surface area contributed by atoms with Gasteiger partial charge in [0.2, 0.25) is 0 Å². The molecule has 0 bridgehead atoms. The number of nitrogens with one attached hydrogen (secondary N) is 1. The van der Waals surface area contributed by atoms with Gasteiger partial charge < -0.3 is 15.8 Å². The zero-order chi connectivity index (χ0) is 15.3. The molecule has 1 aromatic rings. The number of ether oxygens (including phenoxy) is 1. The van der Waals surface area contributed by atoms with Crippen LogP contribution in [0.4, 0.5) is 0 Å². The quantitative estimate of drug-likeness (QED) is 0.876. The molecule has 1 aliphatic rings. The Bertz CT molecular complexity index is 489. The molecule has 4 nitrogen and oxygen atoms in total. The Kier molecular flexibility index (Phi) is 5.23. The smallest absolute Gasteiger partial charge is 0.255 e. The Morgan fingerprint density at radius 2 is 2.24 bits per heavy atom. The second-order valence-electron chi connectivity index (χ2n) is 6.07. The first kappa shape index (κ1) is 15.8. The summed E-state index contributed by atoms with van der Waals surface area (Å²) >= 11 is 0. The van der Waals surface area contributed by atoms with Crippen LogP contribution in [0.3, 0.4) is 0 Å². The van der Waals surface area contributed by atoms with Crippen molar-refractivity contribution in [3.63, 3.8) is 0 Å². The predicted molar refractivity (Wildman–Crippen MR) is 84.5 cm³/mol. The lowest BCUT2D eigenvalue weighted by molar-refractivity contribution is 0.0850. The fourth-order valence-corrected chi connectivity index (χ4v) is 3.25. The van der Waals surface area contributed by atoms with Gasteiger partial charge in [-0.15, -0.1) is 0 Å². The van der Waals surface area contributed by atoms with E-state index in [9.17, 15) is 4.79 Å². The minimum atomic E-state index is -0.270. The number of benzene rings is 1. The summed E-state index contributed by atoms with van der Waals surface area (Å²) in [4.78, 5) is 12.6. The summed E-state index contributed by atoms with van der Waals surface area (Å²) in [5.74, 6) is 1.15. The molecular weight excluding hydrogens is 264 g/mol. The third-order valence-electron chi connectivity index (χ3n) is 4.29. The highest BCUT2D eigenvalue weighted by atomic mass is 16.5. The molecule has 1 fully saturated rings. The van der Waals surface area contributed by atoms with Crippen molar-refractivity contribution in [1.29, 1.82) is 0 Å². The van der Waals surface area contributed by atoms with E-state index < -0.39 is 0 Å². The summed E-state index contributed by atoms with van der Waals surface area (Å²) in [5.41, 5.74) is 6.30. The average Bonchev–Trinajstić information content (AvgIpc) is 2.48. The lowest BCUT2D eigenvalue weighted by Crippen LogP contribution is -2.56. The monoisotopic (exact) mass is 290 g/mol. The molecule has 4 heteroatoms. The van der Waals surface area contributed by atoms with Crippen LogP contribution >= 0.6 is 0 Å². The molecule has 0 aromatic heterocycles. The molecule has 2 atom stereocenters. The zero-order valence-electron chi connectivity index (χ0n) is 13.0. The largest absolute Gasteiger partial charge is 0.493 e. The Labute approximate surface area is 127 Å².